The molecule has 1 heterocycles. The summed E-state index contributed by atoms with van der Waals surface area (Å²) in [5.74, 6) is 0.236. The van der Waals surface area contributed by atoms with Gasteiger partial charge >= 0.3 is 6.36 Å². The summed E-state index contributed by atoms with van der Waals surface area (Å²) in [6, 6.07) is 5.33. The first kappa shape index (κ1) is 18.3. The van der Waals surface area contributed by atoms with E-state index in [-0.39, 0.29) is 5.75 Å². The van der Waals surface area contributed by atoms with Crippen LogP contribution in [0.2, 0.25) is 0 Å². The molecule has 0 amide bonds. The largest absolute Gasteiger partial charge is 0.573 e. The van der Waals surface area contributed by atoms with E-state index in [9.17, 15) is 18.0 Å². The number of rotatable bonds is 5. The molecule has 0 aliphatic carbocycles. The van der Waals surface area contributed by atoms with Gasteiger partial charge in [0.15, 0.2) is 6.29 Å². The Morgan fingerprint density at radius 2 is 1.96 bits per heavy atom. The third-order valence-corrected chi connectivity index (χ3v) is 3.40. The van der Waals surface area contributed by atoms with E-state index in [1.807, 2.05) is 0 Å². The highest BCUT2D eigenvalue weighted by molar-refractivity contribution is 6.09. The Morgan fingerprint density at radius 3 is 2.48 bits per heavy atom. The maximum Gasteiger partial charge on any atom is 0.573 e. The first-order chi connectivity index (χ1) is 11.7. The second-order valence-electron chi connectivity index (χ2n) is 5.12. The number of nitrogens with one attached hydrogen (secondary N) is 1. The van der Waals surface area contributed by atoms with Gasteiger partial charge in [0, 0.05) is 30.2 Å². The van der Waals surface area contributed by atoms with Gasteiger partial charge in [0.25, 0.3) is 0 Å². The maximum atomic E-state index is 12.2. The fraction of sp³-hybridized carbons (Fsp3) is 0.176. The van der Waals surface area contributed by atoms with Crippen LogP contribution in [0.5, 0.6) is 5.75 Å². The molecule has 0 saturated carbocycles. The molecule has 1 aromatic carbocycles. The Bertz CT molecular complexity index is 762. The lowest BCUT2D eigenvalue weighted by atomic mass is 10.2. The number of halogens is 3. The zero-order valence-electron chi connectivity index (χ0n) is 13.6. The van der Waals surface area contributed by atoms with Gasteiger partial charge in [-0.2, -0.15) is 0 Å². The number of carbonyl (C=O) groups excluding carboxylic acids is 1. The summed E-state index contributed by atoms with van der Waals surface area (Å²) in [6.07, 6.45) is -0.988. The van der Waals surface area contributed by atoms with Gasteiger partial charge in [0.2, 0.25) is 0 Å². The highest BCUT2D eigenvalue weighted by atomic mass is 19.4. The van der Waals surface area contributed by atoms with E-state index in [2.05, 4.69) is 21.6 Å². The average molecular weight is 351 g/mol. The third kappa shape index (κ3) is 4.50. The Kier molecular flexibility index (Phi) is 5.31. The number of likely N-dealkylation sites (N-methyl/N-ethyl adjacent to an activating group) is 1. The monoisotopic (exact) mass is 351 g/mol. The Balaban J connectivity index is 2.25. The maximum absolute atomic E-state index is 12.2. The van der Waals surface area contributed by atoms with Crippen LogP contribution in [0.4, 0.5) is 18.9 Å². The van der Waals surface area contributed by atoms with E-state index in [1.165, 1.54) is 30.5 Å². The molecule has 0 fully saturated rings. The Labute approximate surface area is 142 Å². The predicted octanol–water partition coefficient (Wildman–Crippen LogP) is 3.84. The standard InChI is InChI=1S/C17H16F3N3O2/c1-4-21-16-15(9-13(10-24)23(16)3)11(2)22-12-5-7-14(8-6-12)25-17(18,19)20/h4-10,22H,1H2,2-3H3/b15-11+,21-16+. The van der Waals surface area contributed by atoms with Crippen molar-refractivity contribution in [1.29, 1.82) is 0 Å². The number of aliphatic imine (C=N–C) groups is 1. The molecular formula is C17H16F3N3O2. The van der Waals surface area contributed by atoms with E-state index >= 15 is 0 Å². The quantitative estimate of drug-likeness (QED) is 0.819. The van der Waals surface area contributed by atoms with Crippen molar-refractivity contribution in [3.63, 3.8) is 0 Å². The second kappa shape index (κ2) is 7.25. The van der Waals surface area contributed by atoms with Crippen molar-refractivity contribution in [2.45, 2.75) is 13.3 Å². The van der Waals surface area contributed by atoms with E-state index in [0.717, 1.165) is 0 Å². The zero-order valence-corrected chi connectivity index (χ0v) is 13.6. The van der Waals surface area contributed by atoms with Gasteiger partial charge in [-0.05, 0) is 37.3 Å². The summed E-state index contributed by atoms with van der Waals surface area (Å²) in [6.45, 7) is 5.32. The number of amidine groups is 1. The van der Waals surface area contributed by atoms with Crippen LogP contribution in [0.15, 0.2) is 65.1 Å². The van der Waals surface area contributed by atoms with Gasteiger partial charge in [-0.25, -0.2) is 4.99 Å². The topological polar surface area (TPSA) is 53.9 Å². The molecule has 8 heteroatoms. The van der Waals surface area contributed by atoms with Crippen LogP contribution in [0.1, 0.15) is 6.92 Å². The lowest BCUT2D eigenvalue weighted by Crippen LogP contribution is -2.22. The predicted molar refractivity (Wildman–Crippen MR) is 89.0 cm³/mol. The highest BCUT2D eigenvalue weighted by Gasteiger charge is 2.31. The van der Waals surface area contributed by atoms with Crippen LogP contribution in [0, 0.1) is 0 Å². The smallest absolute Gasteiger partial charge is 0.406 e. The number of hydrogen-bond acceptors (Lipinski definition) is 4. The van der Waals surface area contributed by atoms with Crippen LogP contribution >= 0.6 is 0 Å². The molecule has 0 atom stereocenters. The van der Waals surface area contributed by atoms with Gasteiger partial charge in [-0.1, -0.05) is 6.58 Å². The number of carbonyl (C=O) groups is 1. The van der Waals surface area contributed by atoms with Crippen molar-refractivity contribution < 1.29 is 22.7 Å². The summed E-state index contributed by atoms with van der Waals surface area (Å²) in [4.78, 5) is 16.9. The molecule has 5 nitrogen and oxygen atoms in total. The summed E-state index contributed by atoms with van der Waals surface area (Å²) in [7, 11) is 1.70. The summed E-state index contributed by atoms with van der Waals surface area (Å²) in [5, 5.41) is 3.07. The first-order valence-corrected chi connectivity index (χ1v) is 7.18. The SMILES string of the molecule is C=C/N=C1\C(=C(/C)Nc2ccc(OC(F)(F)F)cc2)C=C(C=O)N1C. The fourth-order valence-corrected chi connectivity index (χ4v) is 2.27. The number of hydrogen-bond donors (Lipinski definition) is 1. The van der Waals surface area contributed by atoms with Crippen LogP contribution in [-0.2, 0) is 4.79 Å². The van der Waals surface area contributed by atoms with E-state index in [1.54, 1.807) is 24.9 Å². The minimum absolute atomic E-state index is 0.305. The number of alkyl halides is 3. The van der Waals surface area contributed by atoms with Gasteiger partial charge in [0.05, 0.1) is 5.70 Å². The average Bonchev–Trinajstić information content (AvgIpc) is 2.85. The second-order valence-corrected chi connectivity index (χ2v) is 5.12. The van der Waals surface area contributed by atoms with Gasteiger partial charge in [-0.3, -0.25) is 4.79 Å². The van der Waals surface area contributed by atoms with E-state index in [4.69, 9.17) is 0 Å². The molecule has 0 unspecified atom stereocenters. The van der Waals surface area contributed by atoms with Crippen molar-refractivity contribution in [2.24, 2.45) is 4.99 Å². The number of allylic oxidation sites excluding steroid dienone is 2. The van der Waals surface area contributed by atoms with Gasteiger partial charge < -0.3 is 15.0 Å². The molecule has 1 aliphatic rings. The molecule has 1 N–H and O–H groups in total. The molecule has 0 radical (unpaired) electrons. The summed E-state index contributed by atoms with van der Waals surface area (Å²) >= 11 is 0. The zero-order chi connectivity index (χ0) is 18.6. The molecule has 0 aromatic heterocycles. The lowest BCUT2D eigenvalue weighted by molar-refractivity contribution is -0.274. The molecule has 0 spiro atoms. The van der Waals surface area contributed by atoms with Crippen molar-refractivity contribution in [1.82, 2.24) is 4.90 Å². The van der Waals surface area contributed by atoms with Crippen LogP contribution < -0.4 is 10.1 Å². The summed E-state index contributed by atoms with van der Waals surface area (Å²) < 4.78 is 40.3. The van der Waals surface area contributed by atoms with Crippen LogP contribution in [0.3, 0.4) is 0 Å². The van der Waals surface area contributed by atoms with Crippen LogP contribution in [0.25, 0.3) is 0 Å². The Morgan fingerprint density at radius 1 is 1.32 bits per heavy atom. The van der Waals surface area contributed by atoms with Crippen molar-refractivity contribution in [3.8, 4) is 5.75 Å². The summed E-state index contributed by atoms with van der Waals surface area (Å²) in [5.41, 5.74) is 2.35. The lowest BCUT2D eigenvalue weighted by Gasteiger charge is -2.15. The molecule has 0 saturated heterocycles. The molecule has 2 rings (SSSR count). The first-order valence-electron chi connectivity index (χ1n) is 7.18. The van der Waals surface area contributed by atoms with Crippen molar-refractivity contribution in [2.75, 3.05) is 12.4 Å². The molecule has 1 aliphatic heterocycles. The van der Waals surface area contributed by atoms with Gasteiger partial charge in [0.1, 0.15) is 11.6 Å². The number of nitrogens with zero attached hydrogens (tertiary/aromatic N) is 2. The third-order valence-electron chi connectivity index (χ3n) is 3.40. The fourth-order valence-electron chi connectivity index (χ4n) is 2.27. The van der Waals surface area contributed by atoms with E-state index < -0.39 is 6.36 Å². The molecule has 1 aromatic rings. The molecule has 132 valence electrons. The Hall–Kier alpha value is -3.03. The van der Waals surface area contributed by atoms with E-state index in [0.29, 0.717) is 34.8 Å². The van der Waals surface area contributed by atoms with Crippen molar-refractivity contribution >= 4 is 17.8 Å². The molecule has 0 bridgehead atoms. The van der Waals surface area contributed by atoms with Crippen molar-refractivity contribution in [3.05, 3.63) is 60.1 Å². The number of anilines is 1. The minimum Gasteiger partial charge on any atom is -0.406 e. The normalized spacial score (nSPS) is 18.0. The number of benzene rings is 1. The minimum atomic E-state index is -4.73. The molecular weight excluding hydrogens is 335 g/mol. The number of ether oxygens (including phenoxy) is 1. The van der Waals surface area contributed by atoms with Gasteiger partial charge in [-0.15, -0.1) is 13.2 Å². The van der Waals surface area contributed by atoms with Crippen LogP contribution in [-0.4, -0.2) is 30.4 Å². The molecule has 25 heavy (non-hydrogen) atoms. The number of aldehydes is 1. The highest BCUT2D eigenvalue weighted by Crippen LogP contribution is 2.26.